The van der Waals surface area contributed by atoms with Crippen molar-refractivity contribution in [3.8, 4) is 5.75 Å². The highest BCUT2D eigenvalue weighted by atomic mass is 35.5. The number of ether oxygens (including phenoxy) is 1. The molecular weight excluding hydrogens is 299 g/mol. The average molecular weight is 311 g/mol. The lowest BCUT2D eigenvalue weighted by Gasteiger charge is -2.11. The van der Waals surface area contributed by atoms with Crippen LogP contribution >= 0.6 is 23.2 Å². The lowest BCUT2D eigenvalue weighted by Crippen LogP contribution is -2.13. The van der Waals surface area contributed by atoms with Crippen LogP contribution in [0.5, 0.6) is 5.75 Å². The third kappa shape index (κ3) is 2.98. The highest BCUT2D eigenvalue weighted by Crippen LogP contribution is 2.29. The van der Waals surface area contributed by atoms with Gasteiger partial charge in [-0.05, 0) is 24.3 Å². The van der Waals surface area contributed by atoms with Crippen molar-refractivity contribution in [1.82, 2.24) is 0 Å². The highest BCUT2D eigenvalue weighted by molar-refractivity contribution is 6.44. The number of halogens is 2. The molecule has 0 fully saturated rings. The molecule has 0 saturated carbocycles. The summed E-state index contributed by atoms with van der Waals surface area (Å²) in [6.45, 7) is 0. The van der Waals surface area contributed by atoms with E-state index in [0.29, 0.717) is 22.1 Å². The molecule has 2 aromatic carbocycles. The topological polar surface area (TPSA) is 64.3 Å². The molecule has 0 aliphatic carbocycles. The number of rotatable bonds is 3. The van der Waals surface area contributed by atoms with E-state index < -0.39 is 0 Å². The molecule has 0 saturated heterocycles. The Balaban J connectivity index is 2.30. The summed E-state index contributed by atoms with van der Waals surface area (Å²) >= 11 is 11.9. The van der Waals surface area contributed by atoms with Crippen LogP contribution in [0.4, 0.5) is 11.4 Å². The van der Waals surface area contributed by atoms with Crippen LogP contribution in [0.25, 0.3) is 0 Å². The van der Waals surface area contributed by atoms with Crippen LogP contribution in [0, 0.1) is 0 Å². The third-order valence-electron chi connectivity index (χ3n) is 2.67. The van der Waals surface area contributed by atoms with E-state index in [-0.39, 0.29) is 16.5 Å². The van der Waals surface area contributed by atoms with Gasteiger partial charge in [0.1, 0.15) is 5.75 Å². The minimum Gasteiger partial charge on any atom is -0.494 e. The van der Waals surface area contributed by atoms with E-state index in [1.54, 1.807) is 36.4 Å². The number of amides is 1. The Hall–Kier alpha value is -1.91. The van der Waals surface area contributed by atoms with Crippen molar-refractivity contribution in [2.75, 3.05) is 18.2 Å². The molecule has 0 unspecified atom stereocenters. The van der Waals surface area contributed by atoms with Gasteiger partial charge in [0, 0.05) is 11.8 Å². The van der Waals surface area contributed by atoms with E-state index in [4.69, 9.17) is 33.7 Å². The van der Waals surface area contributed by atoms with E-state index in [2.05, 4.69) is 5.32 Å². The highest BCUT2D eigenvalue weighted by Gasteiger charge is 2.14. The number of methoxy groups -OCH3 is 1. The number of hydrogen-bond acceptors (Lipinski definition) is 3. The number of hydrogen-bond donors (Lipinski definition) is 2. The maximum Gasteiger partial charge on any atom is 0.257 e. The molecule has 2 rings (SSSR count). The Morgan fingerprint density at radius 1 is 1.25 bits per heavy atom. The Morgan fingerprint density at radius 2 is 2.00 bits per heavy atom. The van der Waals surface area contributed by atoms with Crippen molar-refractivity contribution in [2.24, 2.45) is 0 Å². The van der Waals surface area contributed by atoms with Crippen LogP contribution in [0.2, 0.25) is 10.0 Å². The number of carbonyl (C=O) groups excluding carboxylic acids is 1. The molecule has 6 heteroatoms. The monoisotopic (exact) mass is 310 g/mol. The van der Waals surface area contributed by atoms with Crippen molar-refractivity contribution in [1.29, 1.82) is 0 Å². The maximum absolute atomic E-state index is 12.2. The second-order valence-corrected chi connectivity index (χ2v) is 4.80. The lowest BCUT2D eigenvalue weighted by atomic mass is 10.2. The zero-order chi connectivity index (χ0) is 14.7. The summed E-state index contributed by atoms with van der Waals surface area (Å²) < 4.78 is 5.16. The number of nitrogens with one attached hydrogen (secondary N) is 1. The van der Waals surface area contributed by atoms with Crippen molar-refractivity contribution in [3.63, 3.8) is 0 Å². The van der Waals surface area contributed by atoms with E-state index in [0.717, 1.165) is 0 Å². The summed E-state index contributed by atoms with van der Waals surface area (Å²) in [4.78, 5) is 12.2. The van der Waals surface area contributed by atoms with Crippen molar-refractivity contribution in [3.05, 3.63) is 52.0 Å². The Labute approximate surface area is 126 Å². The molecule has 104 valence electrons. The number of benzene rings is 2. The minimum absolute atomic E-state index is 0.209. The number of nitrogen functional groups attached to an aromatic ring is 1. The molecule has 1 amide bonds. The molecule has 0 spiro atoms. The predicted octanol–water partition coefficient (Wildman–Crippen LogP) is 3.84. The summed E-state index contributed by atoms with van der Waals surface area (Å²) in [5.41, 5.74) is 6.99. The van der Waals surface area contributed by atoms with Gasteiger partial charge in [0.15, 0.2) is 0 Å². The van der Waals surface area contributed by atoms with E-state index in [9.17, 15) is 4.79 Å². The van der Waals surface area contributed by atoms with Gasteiger partial charge in [-0.15, -0.1) is 0 Å². The summed E-state index contributed by atoms with van der Waals surface area (Å²) in [5, 5.41) is 3.24. The first kappa shape index (κ1) is 14.5. The molecule has 2 aromatic rings. The lowest BCUT2D eigenvalue weighted by molar-refractivity contribution is 0.102. The molecule has 4 nitrogen and oxygen atoms in total. The van der Waals surface area contributed by atoms with Crippen molar-refractivity contribution >= 4 is 40.5 Å². The molecule has 0 aromatic heterocycles. The predicted molar refractivity (Wildman–Crippen MR) is 81.8 cm³/mol. The molecule has 0 aliphatic rings. The summed E-state index contributed by atoms with van der Waals surface area (Å²) in [5.74, 6) is 0.0945. The number of nitrogens with two attached hydrogens (primary N) is 1. The first-order valence-electron chi connectivity index (χ1n) is 5.72. The molecule has 0 heterocycles. The van der Waals surface area contributed by atoms with Crippen molar-refractivity contribution in [2.45, 2.75) is 0 Å². The van der Waals surface area contributed by atoms with Crippen LogP contribution in [0.1, 0.15) is 10.4 Å². The van der Waals surface area contributed by atoms with Gasteiger partial charge in [0.2, 0.25) is 0 Å². The van der Waals surface area contributed by atoms with Crippen LogP contribution in [0.15, 0.2) is 36.4 Å². The molecule has 3 N–H and O–H groups in total. The van der Waals surface area contributed by atoms with Gasteiger partial charge in [-0.3, -0.25) is 4.79 Å². The third-order valence-corrected chi connectivity index (χ3v) is 3.49. The van der Waals surface area contributed by atoms with Crippen LogP contribution < -0.4 is 15.8 Å². The first-order chi connectivity index (χ1) is 9.52. The summed E-state index contributed by atoms with van der Waals surface area (Å²) in [7, 11) is 1.50. The SMILES string of the molecule is COc1cc(N)ccc1NC(=O)c1cccc(Cl)c1Cl. The zero-order valence-corrected chi connectivity index (χ0v) is 12.1. The fraction of sp³-hybridized carbons (Fsp3) is 0.0714. The molecule has 0 radical (unpaired) electrons. The fourth-order valence-corrected chi connectivity index (χ4v) is 2.07. The fourth-order valence-electron chi connectivity index (χ4n) is 1.68. The van der Waals surface area contributed by atoms with Gasteiger partial charge in [0.25, 0.3) is 5.91 Å². The van der Waals surface area contributed by atoms with Crippen molar-refractivity contribution < 1.29 is 9.53 Å². The largest absolute Gasteiger partial charge is 0.494 e. The molecule has 20 heavy (non-hydrogen) atoms. The van der Waals surface area contributed by atoms with Gasteiger partial charge in [-0.1, -0.05) is 29.3 Å². The number of carbonyl (C=O) groups is 1. The number of anilines is 2. The molecule has 0 aliphatic heterocycles. The summed E-state index contributed by atoms with van der Waals surface area (Å²) in [6, 6.07) is 9.80. The van der Waals surface area contributed by atoms with Gasteiger partial charge in [0.05, 0.1) is 28.4 Å². The van der Waals surface area contributed by atoms with Gasteiger partial charge in [-0.25, -0.2) is 0 Å². The van der Waals surface area contributed by atoms with Gasteiger partial charge < -0.3 is 15.8 Å². The Bertz CT molecular complexity index is 660. The Morgan fingerprint density at radius 3 is 2.70 bits per heavy atom. The summed E-state index contributed by atoms with van der Waals surface area (Å²) in [6.07, 6.45) is 0. The standard InChI is InChI=1S/C14H12Cl2N2O2/c1-20-12-7-8(17)5-6-11(12)18-14(19)9-3-2-4-10(15)13(9)16/h2-7H,17H2,1H3,(H,18,19). The smallest absolute Gasteiger partial charge is 0.257 e. The van der Waals surface area contributed by atoms with E-state index >= 15 is 0 Å². The second kappa shape index (κ2) is 6.03. The zero-order valence-electron chi connectivity index (χ0n) is 10.6. The van der Waals surface area contributed by atoms with Crippen LogP contribution in [-0.4, -0.2) is 13.0 Å². The van der Waals surface area contributed by atoms with Gasteiger partial charge in [-0.2, -0.15) is 0 Å². The first-order valence-corrected chi connectivity index (χ1v) is 6.47. The molecule has 0 bridgehead atoms. The molecular formula is C14H12Cl2N2O2. The maximum atomic E-state index is 12.2. The molecule has 0 atom stereocenters. The average Bonchev–Trinajstić information content (AvgIpc) is 2.43. The van der Waals surface area contributed by atoms with Crippen LogP contribution in [-0.2, 0) is 0 Å². The quantitative estimate of drug-likeness (QED) is 0.847. The van der Waals surface area contributed by atoms with E-state index in [1.807, 2.05) is 0 Å². The van der Waals surface area contributed by atoms with Crippen LogP contribution in [0.3, 0.4) is 0 Å². The van der Waals surface area contributed by atoms with E-state index in [1.165, 1.54) is 7.11 Å². The van der Waals surface area contributed by atoms with Gasteiger partial charge >= 0.3 is 0 Å². The minimum atomic E-state index is -0.374. The Kier molecular flexibility index (Phi) is 4.37. The normalized spacial score (nSPS) is 10.2. The second-order valence-electron chi connectivity index (χ2n) is 4.02.